The van der Waals surface area contributed by atoms with E-state index >= 15 is 0 Å². The molecule has 0 bridgehead atoms. The summed E-state index contributed by atoms with van der Waals surface area (Å²) in [4.78, 5) is 20.6. The van der Waals surface area contributed by atoms with Crippen LogP contribution in [0, 0.1) is 5.92 Å². The first-order chi connectivity index (χ1) is 5.37. The van der Waals surface area contributed by atoms with E-state index in [4.69, 9.17) is 15.3 Å². The van der Waals surface area contributed by atoms with E-state index < -0.39 is 29.2 Å². The number of hydrogen-bond acceptors (Lipinski definition) is 3. The topological polar surface area (TPSA) is 94.8 Å². The Balaban J connectivity index is 5.08. The quantitative estimate of drug-likeness (QED) is 0.430. The Morgan fingerprint density at radius 1 is 1.00 bits per heavy atom. The highest BCUT2D eigenvalue weighted by molar-refractivity contribution is 5.97. The van der Waals surface area contributed by atoms with Gasteiger partial charge in [0.05, 0.1) is 5.57 Å². The van der Waals surface area contributed by atoms with Crippen LogP contribution < -0.4 is 0 Å². The first-order valence-corrected chi connectivity index (χ1v) is 3.27. The maximum absolute atomic E-state index is 10.4. The third kappa shape index (κ3) is 2.26. The number of aliphatic hydroxyl groups excluding tert-OH is 1. The first kappa shape index (κ1) is 10.5. The molecular formula is C7H10O5. The van der Waals surface area contributed by atoms with Crippen molar-refractivity contribution in [2.75, 3.05) is 0 Å². The molecule has 0 rings (SSSR count). The molecule has 0 saturated carbocycles. The zero-order valence-electron chi connectivity index (χ0n) is 6.74. The second kappa shape index (κ2) is 3.75. The summed E-state index contributed by atoms with van der Waals surface area (Å²) in [5.74, 6) is -4.66. The Hall–Kier alpha value is -1.52. The van der Waals surface area contributed by atoms with Crippen molar-refractivity contribution < 1.29 is 24.9 Å². The van der Waals surface area contributed by atoms with Crippen molar-refractivity contribution in [1.29, 1.82) is 0 Å². The van der Waals surface area contributed by atoms with Gasteiger partial charge in [0, 0.05) is 0 Å². The van der Waals surface area contributed by atoms with Crippen molar-refractivity contribution in [3.8, 4) is 0 Å². The number of rotatable bonds is 3. The normalized spacial score (nSPS) is 12.6. The van der Waals surface area contributed by atoms with E-state index in [-0.39, 0.29) is 0 Å². The number of carboxylic acids is 2. The lowest BCUT2D eigenvalue weighted by atomic mass is 10.0. The highest BCUT2D eigenvalue weighted by Crippen LogP contribution is 2.13. The van der Waals surface area contributed by atoms with Gasteiger partial charge in [0.25, 0.3) is 0 Å². The average Bonchev–Trinajstić information content (AvgIpc) is 1.85. The van der Waals surface area contributed by atoms with Gasteiger partial charge in [-0.25, -0.2) is 9.59 Å². The Morgan fingerprint density at radius 3 is 1.50 bits per heavy atom. The smallest absolute Gasteiger partial charge is 0.371 e. The Bertz CT molecular complexity index is 238. The zero-order valence-corrected chi connectivity index (χ0v) is 6.74. The van der Waals surface area contributed by atoms with E-state index in [0.29, 0.717) is 0 Å². The average molecular weight is 174 g/mol. The number of aliphatic carboxylic acids is 2. The molecule has 0 aliphatic carbocycles. The number of hydrogen-bond donors (Lipinski definition) is 3. The Morgan fingerprint density at radius 2 is 1.42 bits per heavy atom. The van der Waals surface area contributed by atoms with Crippen LogP contribution in [0.1, 0.15) is 13.8 Å². The van der Waals surface area contributed by atoms with Gasteiger partial charge in [-0.05, 0) is 5.92 Å². The predicted molar refractivity (Wildman–Crippen MR) is 39.8 cm³/mol. The molecule has 0 heterocycles. The fourth-order valence-corrected chi connectivity index (χ4v) is 0.737. The van der Waals surface area contributed by atoms with Gasteiger partial charge in [-0.1, -0.05) is 13.8 Å². The summed E-state index contributed by atoms with van der Waals surface area (Å²) in [6.45, 7) is 2.98. The van der Waals surface area contributed by atoms with Crippen LogP contribution in [0.2, 0.25) is 0 Å². The SMILES string of the molecule is CC(C)/C(C(=O)O)=C(\O)C(=O)O. The van der Waals surface area contributed by atoms with Crippen LogP contribution >= 0.6 is 0 Å². The molecule has 0 aliphatic heterocycles. The van der Waals surface area contributed by atoms with Crippen LogP contribution in [0.15, 0.2) is 11.3 Å². The van der Waals surface area contributed by atoms with Gasteiger partial charge in [0.2, 0.25) is 5.76 Å². The van der Waals surface area contributed by atoms with E-state index in [2.05, 4.69) is 0 Å². The van der Waals surface area contributed by atoms with Gasteiger partial charge in [-0.3, -0.25) is 0 Å². The predicted octanol–water partition coefficient (Wildman–Crippen LogP) is 0.624. The minimum atomic E-state index is -1.62. The highest BCUT2D eigenvalue weighted by atomic mass is 16.4. The Labute approximate surface area is 68.9 Å². The van der Waals surface area contributed by atoms with E-state index in [9.17, 15) is 9.59 Å². The van der Waals surface area contributed by atoms with Crippen molar-refractivity contribution in [3.63, 3.8) is 0 Å². The molecule has 0 amide bonds. The summed E-state index contributed by atoms with van der Waals surface area (Å²) in [7, 11) is 0. The van der Waals surface area contributed by atoms with Crippen LogP contribution in [0.25, 0.3) is 0 Å². The number of carbonyl (C=O) groups is 2. The fraction of sp³-hybridized carbons (Fsp3) is 0.429. The molecule has 0 unspecified atom stereocenters. The zero-order chi connectivity index (χ0) is 9.89. The van der Waals surface area contributed by atoms with Crippen LogP contribution in [-0.4, -0.2) is 27.3 Å². The molecule has 0 radical (unpaired) electrons. The summed E-state index contributed by atoms with van der Waals surface area (Å²) in [5, 5.41) is 25.6. The van der Waals surface area contributed by atoms with Crippen LogP contribution in [-0.2, 0) is 9.59 Å². The highest BCUT2D eigenvalue weighted by Gasteiger charge is 2.21. The molecule has 0 spiro atoms. The van der Waals surface area contributed by atoms with Crippen molar-refractivity contribution in [2.24, 2.45) is 5.92 Å². The molecule has 0 fully saturated rings. The third-order valence-corrected chi connectivity index (χ3v) is 1.27. The van der Waals surface area contributed by atoms with Crippen molar-refractivity contribution in [1.82, 2.24) is 0 Å². The minimum Gasteiger partial charge on any atom is -0.501 e. The lowest BCUT2D eigenvalue weighted by molar-refractivity contribution is -0.138. The molecule has 0 atom stereocenters. The number of aliphatic hydroxyl groups is 1. The van der Waals surface area contributed by atoms with Crippen LogP contribution in [0.5, 0.6) is 0 Å². The van der Waals surface area contributed by atoms with Gasteiger partial charge in [0.15, 0.2) is 0 Å². The standard InChI is InChI=1S/C7H10O5/c1-3(2)4(6(9)10)5(8)7(11)12/h3,8H,1-2H3,(H,9,10)(H,11,12)/b5-4+. The molecule has 0 saturated heterocycles. The molecule has 5 nitrogen and oxygen atoms in total. The van der Waals surface area contributed by atoms with E-state index in [1.807, 2.05) is 0 Å². The maximum atomic E-state index is 10.4. The molecule has 0 aromatic carbocycles. The van der Waals surface area contributed by atoms with Crippen LogP contribution in [0.3, 0.4) is 0 Å². The molecule has 12 heavy (non-hydrogen) atoms. The molecule has 0 aromatic rings. The molecule has 68 valence electrons. The van der Waals surface area contributed by atoms with E-state index in [1.165, 1.54) is 13.8 Å². The molecule has 0 aliphatic rings. The van der Waals surface area contributed by atoms with Gasteiger partial charge in [-0.15, -0.1) is 0 Å². The third-order valence-electron chi connectivity index (χ3n) is 1.27. The molecule has 0 aromatic heterocycles. The van der Waals surface area contributed by atoms with E-state index in [1.54, 1.807) is 0 Å². The first-order valence-electron chi connectivity index (χ1n) is 3.27. The summed E-state index contributed by atoms with van der Waals surface area (Å²) < 4.78 is 0. The summed E-state index contributed by atoms with van der Waals surface area (Å²) in [6, 6.07) is 0. The van der Waals surface area contributed by atoms with E-state index in [0.717, 1.165) is 0 Å². The van der Waals surface area contributed by atoms with Crippen LogP contribution in [0.4, 0.5) is 0 Å². The Kier molecular flexibility index (Phi) is 3.28. The fourth-order valence-electron chi connectivity index (χ4n) is 0.737. The lowest BCUT2D eigenvalue weighted by Gasteiger charge is -2.06. The summed E-state index contributed by atoms with van der Waals surface area (Å²) >= 11 is 0. The second-order valence-corrected chi connectivity index (χ2v) is 2.53. The monoisotopic (exact) mass is 174 g/mol. The van der Waals surface area contributed by atoms with Crippen molar-refractivity contribution in [2.45, 2.75) is 13.8 Å². The maximum Gasteiger partial charge on any atom is 0.371 e. The largest absolute Gasteiger partial charge is 0.501 e. The number of carboxylic acid groups (broad SMARTS) is 2. The second-order valence-electron chi connectivity index (χ2n) is 2.53. The van der Waals surface area contributed by atoms with Gasteiger partial charge < -0.3 is 15.3 Å². The van der Waals surface area contributed by atoms with Crippen molar-refractivity contribution >= 4 is 11.9 Å². The summed E-state index contributed by atoms with van der Waals surface area (Å²) in [5.41, 5.74) is -0.484. The molecule has 3 N–H and O–H groups in total. The van der Waals surface area contributed by atoms with Crippen molar-refractivity contribution in [3.05, 3.63) is 11.3 Å². The van der Waals surface area contributed by atoms with Gasteiger partial charge >= 0.3 is 11.9 Å². The van der Waals surface area contributed by atoms with Gasteiger partial charge in [0.1, 0.15) is 0 Å². The van der Waals surface area contributed by atoms with Gasteiger partial charge in [-0.2, -0.15) is 0 Å². The summed E-state index contributed by atoms with van der Waals surface area (Å²) in [6.07, 6.45) is 0. The molecule has 5 heteroatoms. The minimum absolute atomic E-state index is 0.484. The molecular weight excluding hydrogens is 164 g/mol. The lowest BCUT2D eigenvalue weighted by Crippen LogP contribution is -2.15.